The highest BCUT2D eigenvalue weighted by atomic mass is 35.5. The molecule has 1 unspecified atom stereocenters. The molecule has 3 rings (SSSR count). The molecule has 1 aliphatic rings. The zero-order chi connectivity index (χ0) is 16.8. The Morgan fingerprint density at radius 3 is 2.57 bits per heavy atom. The molecule has 0 amide bonds. The molecule has 0 saturated heterocycles. The lowest BCUT2D eigenvalue weighted by Crippen LogP contribution is -2.24. The fraction of sp³-hybridized carbons (Fsp3) is 0.250. The largest absolute Gasteiger partial charge is 0.488 e. The molecule has 2 N–H and O–H groups in total. The van der Waals surface area contributed by atoms with Crippen LogP contribution in [0.2, 0.25) is 10.0 Å². The first-order valence-corrected chi connectivity index (χ1v) is 7.62. The number of alkyl halides is 3. The Hall–Kier alpha value is -1.43. The van der Waals surface area contributed by atoms with Crippen molar-refractivity contribution in [2.24, 2.45) is 5.73 Å². The van der Waals surface area contributed by atoms with Crippen molar-refractivity contribution in [2.45, 2.75) is 18.7 Å². The highest BCUT2D eigenvalue weighted by molar-refractivity contribution is 6.43. The van der Waals surface area contributed by atoms with Gasteiger partial charge in [-0.05, 0) is 23.8 Å². The summed E-state index contributed by atoms with van der Waals surface area (Å²) in [6.07, 6.45) is -4.47. The monoisotopic (exact) mass is 361 g/mol. The Balaban J connectivity index is 2.24. The number of nitrogens with two attached hydrogens (primary N) is 1. The summed E-state index contributed by atoms with van der Waals surface area (Å²) in [6, 6.07) is 6.96. The molecular weight excluding hydrogens is 350 g/mol. The van der Waals surface area contributed by atoms with E-state index in [4.69, 9.17) is 33.7 Å². The quantitative estimate of drug-likeness (QED) is 0.821. The molecule has 0 aromatic heterocycles. The maximum absolute atomic E-state index is 13.2. The van der Waals surface area contributed by atoms with Gasteiger partial charge in [0.2, 0.25) is 0 Å². The van der Waals surface area contributed by atoms with E-state index in [1.165, 1.54) is 0 Å². The standard InChI is InChI=1S/C16H12Cl2F3NO/c17-13-3-1-2-11(14(13)18)12-6-9(16(19,20)21)4-8-5-10(7-22)23-15(8)12/h1-4,6,10H,5,7,22H2. The summed E-state index contributed by atoms with van der Waals surface area (Å²) < 4.78 is 45.3. The number of halogens is 5. The van der Waals surface area contributed by atoms with Crippen molar-refractivity contribution in [1.29, 1.82) is 0 Å². The van der Waals surface area contributed by atoms with Gasteiger partial charge >= 0.3 is 6.18 Å². The number of hydrogen-bond acceptors (Lipinski definition) is 2. The van der Waals surface area contributed by atoms with E-state index in [9.17, 15) is 13.2 Å². The van der Waals surface area contributed by atoms with E-state index < -0.39 is 11.7 Å². The zero-order valence-corrected chi connectivity index (χ0v) is 13.3. The van der Waals surface area contributed by atoms with Gasteiger partial charge in [-0.3, -0.25) is 0 Å². The predicted octanol–water partition coefficient (Wildman–Crippen LogP) is 4.94. The van der Waals surface area contributed by atoms with Gasteiger partial charge in [0.05, 0.1) is 15.6 Å². The average molecular weight is 362 g/mol. The van der Waals surface area contributed by atoms with E-state index in [0.29, 0.717) is 23.3 Å². The Morgan fingerprint density at radius 2 is 1.91 bits per heavy atom. The van der Waals surface area contributed by atoms with Crippen LogP contribution in [0.4, 0.5) is 13.2 Å². The van der Waals surface area contributed by atoms with Gasteiger partial charge in [-0.25, -0.2) is 0 Å². The van der Waals surface area contributed by atoms with Crippen molar-refractivity contribution < 1.29 is 17.9 Å². The van der Waals surface area contributed by atoms with Crippen LogP contribution >= 0.6 is 23.2 Å². The molecule has 122 valence electrons. The second kappa shape index (κ2) is 5.89. The molecule has 2 aromatic rings. The second-order valence-electron chi connectivity index (χ2n) is 5.29. The first-order valence-electron chi connectivity index (χ1n) is 6.86. The average Bonchev–Trinajstić information content (AvgIpc) is 2.91. The van der Waals surface area contributed by atoms with Crippen LogP contribution in [-0.4, -0.2) is 12.6 Å². The maximum atomic E-state index is 13.2. The van der Waals surface area contributed by atoms with E-state index in [1.54, 1.807) is 18.2 Å². The number of fused-ring (bicyclic) bond motifs is 1. The summed E-state index contributed by atoms with van der Waals surface area (Å²) in [7, 11) is 0. The Kier molecular flexibility index (Phi) is 4.21. The minimum atomic E-state index is -4.46. The summed E-state index contributed by atoms with van der Waals surface area (Å²) >= 11 is 12.2. The maximum Gasteiger partial charge on any atom is 0.416 e. The predicted molar refractivity (Wildman–Crippen MR) is 84.1 cm³/mol. The Bertz CT molecular complexity index is 762. The highest BCUT2D eigenvalue weighted by Gasteiger charge is 2.35. The summed E-state index contributed by atoms with van der Waals surface area (Å²) in [5.74, 6) is 0.387. The van der Waals surface area contributed by atoms with Gasteiger partial charge in [0, 0.05) is 24.1 Å². The molecule has 0 aliphatic carbocycles. The van der Waals surface area contributed by atoms with Gasteiger partial charge in [-0.2, -0.15) is 13.2 Å². The SMILES string of the molecule is NCC1Cc2cc(C(F)(F)F)cc(-c3cccc(Cl)c3Cl)c2O1. The lowest BCUT2D eigenvalue weighted by atomic mass is 9.97. The molecular formula is C16H12Cl2F3NO. The van der Waals surface area contributed by atoms with E-state index in [1.807, 2.05) is 0 Å². The number of rotatable bonds is 2. The van der Waals surface area contributed by atoms with Crippen molar-refractivity contribution in [2.75, 3.05) is 6.54 Å². The molecule has 0 saturated carbocycles. The molecule has 23 heavy (non-hydrogen) atoms. The van der Waals surface area contributed by atoms with Crippen LogP contribution in [-0.2, 0) is 12.6 Å². The Labute approximate surface area is 140 Å². The number of benzene rings is 2. The number of hydrogen-bond donors (Lipinski definition) is 1. The van der Waals surface area contributed by atoms with E-state index in [0.717, 1.165) is 12.1 Å². The molecule has 0 fully saturated rings. The number of ether oxygens (including phenoxy) is 1. The van der Waals surface area contributed by atoms with Crippen LogP contribution < -0.4 is 10.5 Å². The van der Waals surface area contributed by atoms with Crippen LogP contribution in [0.5, 0.6) is 5.75 Å². The van der Waals surface area contributed by atoms with Crippen LogP contribution in [0, 0.1) is 0 Å². The third-order valence-corrected chi connectivity index (χ3v) is 4.55. The van der Waals surface area contributed by atoms with Crippen molar-refractivity contribution in [3.63, 3.8) is 0 Å². The van der Waals surface area contributed by atoms with Crippen LogP contribution in [0.3, 0.4) is 0 Å². The van der Waals surface area contributed by atoms with E-state index >= 15 is 0 Å². The van der Waals surface area contributed by atoms with Crippen LogP contribution in [0.1, 0.15) is 11.1 Å². The zero-order valence-electron chi connectivity index (χ0n) is 11.8. The van der Waals surface area contributed by atoms with Gasteiger partial charge in [-0.1, -0.05) is 35.3 Å². The molecule has 7 heteroatoms. The molecule has 2 nitrogen and oxygen atoms in total. The topological polar surface area (TPSA) is 35.2 Å². The van der Waals surface area contributed by atoms with Gasteiger partial charge in [-0.15, -0.1) is 0 Å². The third-order valence-electron chi connectivity index (χ3n) is 3.73. The van der Waals surface area contributed by atoms with Crippen molar-refractivity contribution in [3.05, 3.63) is 51.5 Å². The summed E-state index contributed by atoms with van der Waals surface area (Å²) in [5, 5.41) is 0.458. The fourth-order valence-electron chi connectivity index (χ4n) is 2.64. The fourth-order valence-corrected chi connectivity index (χ4v) is 3.04. The second-order valence-corrected chi connectivity index (χ2v) is 6.08. The van der Waals surface area contributed by atoms with Gasteiger partial charge in [0.15, 0.2) is 0 Å². The first-order chi connectivity index (χ1) is 10.8. The Morgan fingerprint density at radius 1 is 1.17 bits per heavy atom. The van der Waals surface area contributed by atoms with Crippen LogP contribution in [0.15, 0.2) is 30.3 Å². The van der Waals surface area contributed by atoms with Gasteiger partial charge in [0.1, 0.15) is 11.9 Å². The van der Waals surface area contributed by atoms with E-state index in [-0.39, 0.29) is 28.3 Å². The summed E-state index contributed by atoms with van der Waals surface area (Å²) in [5.41, 5.74) is 5.99. The first kappa shape index (κ1) is 16.4. The molecule has 1 heterocycles. The molecule has 0 radical (unpaired) electrons. The van der Waals surface area contributed by atoms with Crippen molar-refractivity contribution in [3.8, 4) is 16.9 Å². The lowest BCUT2D eigenvalue weighted by molar-refractivity contribution is -0.137. The normalized spacial score (nSPS) is 17.0. The highest BCUT2D eigenvalue weighted by Crippen LogP contribution is 2.46. The lowest BCUT2D eigenvalue weighted by Gasteiger charge is -2.15. The molecule has 2 aromatic carbocycles. The van der Waals surface area contributed by atoms with Gasteiger partial charge < -0.3 is 10.5 Å². The molecule has 1 aliphatic heterocycles. The van der Waals surface area contributed by atoms with Crippen molar-refractivity contribution >= 4 is 23.2 Å². The van der Waals surface area contributed by atoms with Crippen molar-refractivity contribution in [1.82, 2.24) is 0 Å². The van der Waals surface area contributed by atoms with Crippen LogP contribution in [0.25, 0.3) is 11.1 Å². The molecule has 1 atom stereocenters. The smallest absolute Gasteiger partial charge is 0.416 e. The molecule has 0 spiro atoms. The molecule has 0 bridgehead atoms. The summed E-state index contributed by atoms with van der Waals surface area (Å²) in [4.78, 5) is 0. The minimum absolute atomic E-state index is 0.190. The van der Waals surface area contributed by atoms with Gasteiger partial charge in [0.25, 0.3) is 0 Å². The van der Waals surface area contributed by atoms with E-state index in [2.05, 4.69) is 0 Å². The summed E-state index contributed by atoms with van der Waals surface area (Å²) in [6.45, 7) is 0.221. The minimum Gasteiger partial charge on any atom is -0.488 e. The third kappa shape index (κ3) is 3.01.